The standard InChI is InChI=1S/C11H16O/c1-7-9-6-8(11(7,2)3)4-5-10(9)12/h8-9H,1,4-6H2,2-3H3/t8-,9+/m1/s1. The van der Waals surface area contributed by atoms with Crippen LogP contribution in [0.1, 0.15) is 33.1 Å². The fourth-order valence-corrected chi connectivity index (χ4v) is 2.73. The fourth-order valence-electron chi connectivity index (χ4n) is 2.73. The summed E-state index contributed by atoms with van der Waals surface area (Å²) in [5, 5.41) is 0. The SMILES string of the molecule is C=C1[C@@H]2C[C@@H](CCC2=O)C1(C)C. The highest BCUT2D eigenvalue weighted by atomic mass is 16.1. The van der Waals surface area contributed by atoms with E-state index < -0.39 is 0 Å². The van der Waals surface area contributed by atoms with Crippen molar-refractivity contribution in [3.63, 3.8) is 0 Å². The molecule has 2 atom stereocenters. The van der Waals surface area contributed by atoms with E-state index in [-0.39, 0.29) is 11.3 Å². The van der Waals surface area contributed by atoms with Crippen molar-refractivity contribution in [3.8, 4) is 0 Å². The van der Waals surface area contributed by atoms with E-state index in [1.807, 2.05) is 0 Å². The van der Waals surface area contributed by atoms with E-state index in [1.54, 1.807) is 0 Å². The van der Waals surface area contributed by atoms with Gasteiger partial charge in [0.2, 0.25) is 0 Å². The highest BCUT2D eigenvalue weighted by molar-refractivity contribution is 5.85. The van der Waals surface area contributed by atoms with Crippen LogP contribution in [-0.2, 0) is 4.79 Å². The van der Waals surface area contributed by atoms with Crippen LogP contribution in [0.3, 0.4) is 0 Å². The maximum Gasteiger partial charge on any atom is 0.140 e. The second-order valence-corrected chi connectivity index (χ2v) is 4.74. The van der Waals surface area contributed by atoms with Crippen molar-refractivity contribution >= 4 is 5.78 Å². The Bertz CT molecular complexity index is 250. The molecule has 0 aromatic carbocycles. The van der Waals surface area contributed by atoms with Crippen molar-refractivity contribution < 1.29 is 4.79 Å². The van der Waals surface area contributed by atoms with Gasteiger partial charge in [0.25, 0.3) is 0 Å². The van der Waals surface area contributed by atoms with Gasteiger partial charge in [-0.1, -0.05) is 26.0 Å². The van der Waals surface area contributed by atoms with Crippen LogP contribution in [0, 0.1) is 17.3 Å². The molecule has 2 aliphatic carbocycles. The third-order valence-electron chi connectivity index (χ3n) is 3.92. The minimum absolute atomic E-state index is 0.207. The summed E-state index contributed by atoms with van der Waals surface area (Å²) in [6.07, 6.45) is 2.95. The summed E-state index contributed by atoms with van der Waals surface area (Å²) in [5.74, 6) is 1.35. The van der Waals surface area contributed by atoms with Gasteiger partial charge in [-0.15, -0.1) is 0 Å². The van der Waals surface area contributed by atoms with Gasteiger partial charge < -0.3 is 0 Å². The molecular formula is C11H16O. The second-order valence-electron chi connectivity index (χ2n) is 4.74. The molecule has 2 bridgehead atoms. The van der Waals surface area contributed by atoms with Crippen molar-refractivity contribution in [3.05, 3.63) is 12.2 Å². The van der Waals surface area contributed by atoms with Crippen LogP contribution in [0.4, 0.5) is 0 Å². The predicted molar refractivity (Wildman–Crippen MR) is 48.8 cm³/mol. The molecule has 0 N–H and O–H groups in total. The topological polar surface area (TPSA) is 17.1 Å². The number of hydrogen-bond acceptors (Lipinski definition) is 1. The molecule has 0 unspecified atom stereocenters. The molecule has 0 saturated heterocycles. The average Bonchev–Trinajstić information content (AvgIpc) is 2.20. The van der Waals surface area contributed by atoms with Gasteiger partial charge in [0, 0.05) is 12.3 Å². The maximum absolute atomic E-state index is 11.5. The molecule has 1 heteroatoms. The first kappa shape index (κ1) is 8.03. The summed E-state index contributed by atoms with van der Waals surface area (Å²) in [4.78, 5) is 11.5. The molecule has 2 aliphatic rings. The Labute approximate surface area is 73.8 Å². The van der Waals surface area contributed by atoms with E-state index in [4.69, 9.17) is 0 Å². The number of fused-ring (bicyclic) bond motifs is 2. The molecular weight excluding hydrogens is 148 g/mol. The molecule has 2 rings (SSSR count). The summed E-state index contributed by atoms with van der Waals surface area (Å²) in [7, 11) is 0. The lowest BCUT2D eigenvalue weighted by Crippen LogP contribution is -2.19. The Morgan fingerprint density at radius 2 is 2.17 bits per heavy atom. The molecule has 0 spiro atoms. The van der Waals surface area contributed by atoms with Crippen LogP contribution in [0.5, 0.6) is 0 Å². The van der Waals surface area contributed by atoms with Gasteiger partial charge >= 0.3 is 0 Å². The van der Waals surface area contributed by atoms with Gasteiger partial charge in [-0.2, -0.15) is 0 Å². The van der Waals surface area contributed by atoms with Crippen molar-refractivity contribution in [2.45, 2.75) is 33.1 Å². The zero-order valence-electron chi connectivity index (χ0n) is 7.89. The lowest BCUT2D eigenvalue weighted by molar-refractivity contribution is -0.123. The van der Waals surface area contributed by atoms with E-state index in [2.05, 4.69) is 20.4 Å². The number of carbonyl (C=O) groups is 1. The third-order valence-corrected chi connectivity index (χ3v) is 3.92. The fraction of sp³-hybridized carbons (Fsp3) is 0.727. The van der Waals surface area contributed by atoms with Crippen LogP contribution in [-0.4, -0.2) is 5.78 Å². The summed E-state index contributed by atoms with van der Waals surface area (Å²) in [6.45, 7) is 8.55. The second kappa shape index (κ2) is 2.21. The zero-order chi connectivity index (χ0) is 8.93. The van der Waals surface area contributed by atoms with Crippen LogP contribution in [0.2, 0.25) is 0 Å². The predicted octanol–water partition coefficient (Wildman–Crippen LogP) is 2.57. The van der Waals surface area contributed by atoms with Gasteiger partial charge in [0.1, 0.15) is 5.78 Å². The highest BCUT2D eigenvalue weighted by Gasteiger charge is 2.48. The van der Waals surface area contributed by atoms with E-state index in [0.29, 0.717) is 11.7 Å². The molecule has 0 radical (unpaired) electrons. The number of hydrogen-bond donors (Lipinski definition) is 0. The summed E-state index contributed by atoms with van der Waals surface area (Å²) in [5.41, 5.74) is 1.41. The number of ketones is 1. The minimum Gasteiger partial charge on any atom is -0.299 e. The summed E-state index contributed by atoms with van der Waals surface area (Å²) >= 11 is 0. The molecule has 0 aromatic heterocycles. The lowest BCUT2D eigenvalue weighted by Gasteiger charge is -2.26. The minimum atomic E-state index is 0.207. The molecule has 66 valence electrons. The molecule has 2 saturated carbocycles. The molecule has 0 aromatic rings. The summed E-state index contributed by atoms with van der Waals surface area (Å²) in [6, 6.07) is 0. The van der Waals surface area contributed by atoms with E-state index >= 15 is 0 Å². The molecule has 0 amide bonds. The smallest absolute Gasteiger partial charge is 0.140 e. The summed E-state index contributed by atoms with van der Waals surface area (Å²) < 4.78 is 0. The first-order chi connectivity index (χ1) is 5.53. The van der Waals surface area contributed by atoms with Gasteiger partial charge in [-0.3, -0.25) is 4.79 Å². The Kier molecular flexibility index (Phi) is 1.48. The Morgan fingerprint density at radius 1 is 1.50 bits per heavy atom. The Hall–Kier alpha value is -0.590. The first-order valence-electron chi connectivity index (χ1n) is 4.75. The quantitative estimate of drug-likeness (QED) is 0.503. The Morgan fingerprint density at radius 3 is 2.75 bits per heavy atom. The molecule has 2 fully saturated rings. The van der Waals surface area contributed by atoms with Gasteiger partial charge in [0.15, 0.2) is 0 Å². The van der Waals surface area contributed by atoms with Crippen LogP contribution in [0.15, 0.2) is 12.2 Å². The molecule has 12 heavy (non-hydrogen) atoms. The average molecular weight is 164 g/mol. The molecule has 0 heterocycles. The van der Waals surface area contributed by atoms with Crippen molar-refractivity contribution in [2.24, 2.45) is 17.3 Å². The number of allylic oxidation sites excluding steroid dienone is 1. The normalized spacial score (nSPS) is 38.8. The largest absolute Gasteiger partial charge is 0.299 e. The number of Topliss-reactive ketones (excluding diaryl/α,β-unsaturated/α-hetero) is 1. The van der Waals surface area contributed by atoms with Gasteiger partial charge in [-0.05, 0) is 24.2 Å². The maximum atomic E-state index is 11.5. The van der Waals surface area contributed by atoms with Crippen LogP contribution < -0.4 is 0 Å². The van der Waals surface area contributed by atoms with Crippen molar-refractivity contribution in [2.75, 3.05) is 0 Å². The highest BCUT2D eigenvalue weighted by Crippen LogP contribution is 2.54. The third kappa shape index (κ3) is 0.825. The van der Waals surface area contributed by atoms with E-state index in [1.165, 1.54) is 5.57 Å². The van der Waals surface area contributed by atoms with Gasteiger partial charge in [-0.25, -0.2) is 0 Å². The molecule has 1 nitrogen and oxygen atoms in total. The number of carbonyl (C=O) groups excluding carboxylic acids is 1. The van der Waals surface area contributed by atoms with E-state index in [9.17, 15) is 4.79 Å². The molecule has 0 aliphatic heterocycles. The number of rotatable bonds is 0. The van der Waals surface area contributed by atoms with Gasteiger partial charge in [0.05, 0.1) is 0 Å². The van der Waals surface area contributed by atoms with Crippen molar-refractivity contribution in [1.82, 2.24) is 0 Å². The van der Waals surface area contributed by atoms with E-state index in [0.717, 1.165) is 19.3 Å². The Balaban J connectivity index is 2.37. The zero-order valence-corrected chi connectivity index (χ0v) is 7.89. The first-order valence-corrected chi connectivity index (χ1v) is 4.75. The van der Waals surface area contributed by atoms with Crippen LogP contribution in [0.25, 0.3) is 0 Å². The lowest BCUT2D eigenvalue weighted by atomic mass is 9.78. The van der Waals surface area contributed by atoms with Crippen LogP contribution >= 0.6 is 0 Å². The monoisotopic (exact) mass is 164 g/mol. The van der Waals surface area contributed by atoms with Crippen molar-refractivity contribution in [1.29, 1.82) is 0 Å².